The van der Waals surface area contributed by atoms with Crippen LogP contribution in [0.5, 0.6) is 0 Å². The average Bonchev–Trinajstić information content (AvgIpc) is 2.88. The highest BCUT2D eigenvalue weighted by molar-refractivity contribution is 7.82. The lowest BCUT2D eigenvalue weighted by Crippen LogP contribution is -2.60. The van der Waals surface area contributed by atoms with Crippen LogP contribution in [-0.4, -0.2) is 19.6 Å². The summed E-state index contributed by atoms with van der Waals surface area (Å²) in [5, 5.41) is 0. The summed E-state index contributed by atoms with van der Waals surface area (Å²) in [6.45, 7) is 13.3. The quantitative estimate of drug-likeness (QED) is 0.343. The van der Waals surface area contributed by atoms with E-state index >= 15 is 0 Å². The summed E-state index contributed by atoms with van der Waals surface area (Å²) in [5.41, 5.74) is -1.87. The van der Waals surface area contributed by atoms with Crippen molar-refractivity contribution in [3.05, 3.63) is 0 Å². The van der Waals surface area contributed by atoms with Crippen molar-refractivity contribution in [1.29, 1.82) is 0 Å². The van der Waals surface area contributed by atoms with E-state index in [0.29, 0.717) is 11.8 Å². The summed E-state index contributed by atoms with van der Waals surface area (Å²) in [5.74, 6) is 5.97. The Balaban J connectivity index is 1.18. The lowest BCUT2D eigenvalue weighted by Gasteiger charge is -2.61. The van der Waals surface area contributed by atoms with Crippen LogP contribution in [0.25, 0.3) is 0 Å². The third-order valence-electron chi connectivity index (χ3n) is 14.8. The predicted octanol–water partition coefficient (Wildman–Crippen LogP) is 9.09. The van der Waals surface area contributed by atoms with E-state index in [1.54, 1.807) is 0 Å². The largest absolute Gasteiger partial charge is 0.400 e. The van der Waals surface area contributed by atoms with Crippen LogP contribution in [0.4, 0.5) is 0 Å². The minimum atomic E-state index is -4.16. The highest BCUT2D eigenvalue weighted by Crippen LogP contribution is 2.63. The van der Waals surface area contributed by atoms with Crippen molar-refractivity contribution in [2.45, 2.75) is 155 Å². The van der Waals surface area contributed by atoms with Crippen molar-refractivity contribution in [1.82, 2.24) is 0 Å². The molecule has 0 radical (unpaired) electrons. The van der Waals surface area contributed by atoms with Crippen LogP contribution in [-0.2, 0) is 18.8 Å². The van der Waals surface area contributed by atoms with E-state index < -0.39 is 21.6 Å². The molecule has 10 unspecified atom stereocenters. The summed E-state index contributed by atoms with van der Waals surface area (Å²) >= 11 is 0. The molecule has 0 aliphatic heterocycles. The van der Waals surface area contributed by atoms with E-state index in [2.05, 4.69) is 41.5 Å². The van der Waals surface area contributed by atoms with Gasteiger partial charge in [-0.25, -0.2) is 8.37 Å². The molecule has 224 valence electrons. The summed E-state index contributed by atoms with van der Waals surface area (Å²) in [4.78, 5) is 0. The van der Waals surface area contributed by atoms with E-state index in [-0.39, 0.29) is 10.8 Å². The van der Waals surface area contributed by atoms with Gasteiger partial charge in [0.1, 0.15) is 0 Å². The van der Waals surface area contributed by atoms with Crippen LogP contribution >= 0.6 is 0 Å². The van der Waals surface area contributed by atoms with Gasteiger partial charge in [0.2, 0.25) is 0 Å². The van der Waals surface area contributed by atoms with Gasteiger partial charge in [-0.15, -0.1) is 0 Å². The van der Waals surface area contributed by atoms with E-state index in [1.165, 1.54) is 77.0 Å². The smallest absolute Gasteiger partial charge is 0.241 e. The maximum Gasteiger partial charge on any atom is 0.400 e. The fourth-order valence-electron chi connectivity index (χ4n) is 11.8. The average molecular weight is 563 g/mol. The minimum Gasteiger partial charge on any atom is -0.241 e. The fourth-order valence-corrected chi connectivity index (χ4v) is 13.4. The molecule has 0 N–H and O–H groups in total. The number of hydrogen-bond donors (Lipinski definition) is 0. The zero-order valence-corrected chi connectivity index (χ0v) is 26.8. The molecular formula is C34H58O4S. The van der Waals surface area contributed by atoms with Gasteiger partial charge in [0, 0.05) is 0 Å². The van der Waals surface area contributed by atoms with Gasteiger partial charge >= 0.3 is 10.4 Å². The highest BCUT2D eigenvalue weighted by Gasteiger charge is 2.61. The monoisotopic (exact) mass is 562 g/mol. The van der Waals surface area contributed by atoms with Crippen molar-refractivity contribution < 1.29 is 16.8 Å². The minimum absolute atomic E-state index is 0.206. The van der Waals surface area contributed by atoms with Gasteiger partial charge in [-0.3, -0.25) is 0 Å². The normalized spacial score (nSPS) is 49.2. The maximum absolute atomic E-state index is 13.9. The summed E-state index contributed by atoms with van der Waals surface area (Å²) in [7, 11) is -4.16. The molecule has 5 heteroatoms. The summed E-state index contributed by atoms with van der Waals surface area (Å²) in [6, 6.07) is 0. The van der Waals surface area contributed by atoms with E-state index in [0.717, 1.165) is 61.2 Å². The second kappa shape index (κ2) is 9.97. The first-order valence-corrected chi connectivity index (χ1v) is 18.3. The molecule has 0 bridgehead atoms. The maximum atomic E-state index is 13.9. The second-order valence-electron chi connectivity index (χ2n) is 16.7. The molecule has 0 amide bonds. The van der Waals surface area contributed by atoms with Crippen molar-refractivity contribution in [3.63, 3.8) is 0 Å². The van der Waals surface area contributed by atoms with Crippen LogP contribution < -0.4 is 0 Å². The molecule has 0 aromatic rings. The third-order valence-corrected chi connectivity index (χ3v) is 16.0. The Morgan fingerprint density at radius 1 is 0.487 bits per heavy atom. The first kappa shape index (κ1) is 29.0. The SMILES string of the molecule is CC1(OS(=O)(=O)OC2(C)CCC3C4CCCCC4CCC3C2(C)C)CCC2C3CCCCC3CCC2C1(C)C. The van der Waals surface area contributed by atoms with Crippen LogP contribution in [0.1, 0.15) is 144 Å². The molecule has 4 nitrogen and oxygen atoms in total. The Bertz CT molecular complexity index is 944. The molecule has 10 atom stereocenters. The molecule has 6 fully saturated rings. The third kappa shape index (κ3) is 4.70. The Morgan fingerprint density at radius 2 is 0.872 bits per heavy atom. The van der Waals surface area contributed by atoms with Gasteiger partial charge in [-0.2, -0.15) is 8.42 Å². The molecule has 0 saturated heterocycles. The molecule has 0 heterocycles. The number of hydrogen-bond acceptors (Lipinski definition) is 4. The number of fused-ring (bicyclic) bond motifs is 6. The summed E-state index contributed by atoms with van der Waals surface area (Å²) in [6.07, 6.45) is 20.0. The molecule has 0 aromatic heterocycles. The molecule has 0 spiro atoms. The van der Waals surface area contributed by atoms with Crippen molar-refractivity contribution in [2.24, 2.45) is 58.2 Å². The van der Waals surface area contributed by atoms with Gasteiger partial charge in [-0.1, -0.05) is 66.2 Å². The molecule has 6 aliphatic rings. The Labute approximate surface area is 240 Å². The first-order chi connectivity index (χ1) is 18.3. The topological polar surface area (TPSA) is 52.6 Å². The zero-order valence-electron chi connectivity index (χ0n) is 26.0. The van der Waals surface area contributed by atoms with Crippen LogP contribution in [0, 0.1) is 58.2 Å². The molecule has 6 aliphatic carbocycles. The van der Waals surface area contributed by atoms with E-state index in [9.17, 15) is 8.42 Å². The van der Waals surface area contributed by atoms with Crippen molar-refractivity contribution in [3.8, 4) is 0 Å². The van der Waals surface area contributed by atoms with Gasteiger partial charge in [0.15, 0.2) is 0 Å². The second-order valence-corrected chi connectivity index (χ2v) is 17.8. The Morgan fingerprint density at radius 3 is 1.28 bits per heavy atom. The summed E-state index contributed by atoms with van der Waals surface area (Å²) < 4.78 is 40.4. The van der Waals surface area contributed by atoms with Crippen molar-refractivity contribution in [2.75, 3.05) is 0 Å². The fraction of sp³-hybridized carbons (Fsp3) is 1.00. The molecular weight excluding hydrogens is 504 g/mol. The Kier molecular flexibility index (Phi) is 7.40. The lowest BCUT2D eigenvalue weighted by molar-refractivity contribution is -0.171. The van der Waals surface area contributed by atoms with Gasteiger partial charge in [-0.05, 0) is 136 Å². The van der Waals surface area contributed by atoms with E-state index in [4.69, 9.17) is 8.37 Å². The Hall–Kier alpha value is -0.130. The van der Waals surface area contributed by atoms with Gasteiger partial charge < -0.3 is 0 Å². The van der Waals surface area contributed by atoms with Gasteiger partial charge in [0.25, 0.3) is 0 Å². The van der Waals surface area contributed by atoms with Crippen molar-refractivity contribution >= 4 is 10.4 Å². The zero-order chi connectivity index (χ0) is 27.8. The standard InChI is InChI=1S/C34H58O4S/c1-31(2)29-17-15-23-11-7-9-13-25(23)27(29)19-21-33(31,5)37-39(35,36)38-34(6)22-20-28-26-14-10-8-12-24(26)16-18-30(28)32(34,3)4/h23-30H,7-22H2,1-6H3. The molecule has 6 saturated carbocycles. The van der Waals surface area contributed by atoms with Crippen LogP contribution in [0.3, 0.4) is 0 Å². The first-order valence-electron chi connectivity index (χ1n) is 16.9. The highest BCUT2D eigenvalue weighted by atomic mass is 32.3. The molecule has 6 rings (SSSR count). The van der Waals surface area contributed by atoms with E-state index in [1.807, 2.05) is 0 Å². The molecule has 39 heavy (non-hydrogen) atoms. The van der Waals surface area contributed by atoms with Gasteiger partial charge in [0.05, 0.1) is 11.2 Å². The predicted molar refractivity (Wildman–Crippen MR) is 157 cm³/mol. The molecule has 0 aromatic carbocycles. The van der Waals surface area contributed by atoms with Crippen LogP contribution in [0.15, 0.2) is 0 Å². The number of rotatable bonds is 4. The lowest BCUT2D eigenvalue weighted by atomic mass is 9.48. The van der Waals surface area contributed by atoms with Crippen LogP contribution in [0.2, 0.25) is 0 Å².